The Bertz CT molecular complexity index is 1050. The Morgan fingerprint density at radius 1 is 1.17 bits per heavy atom. The van der Waals surface area contributed by atoms with Crippen molar-refractivity contribution in [1.29, 1.82) is 0 Å². The monoisotopic (exact) mass is 429 g/mol. The third kappa shape index (κ3) is 4.89. The van der Waals surface area contributed by atoms with Crippen LogP contribution in [-0.4, -0.2) is 60.2 Å². The van der Waals surface area contributed by atoms with Gasteiger partial charge >= 0.3 is 0 Å². The summed E-state index contributed by atoms with van der Waals surface area (Å²) in [5.41, 5.74) is 2.50. The Balaban J connectivity index is 1.80. The van der Waals surface area contributed by atoms with Gasteiger partial charge in [0.05, 0.1) is 12.1 Å². The first-order valence-electron chi connectivity index (χ1n) is 9.68. The van der Waals surface area contributed by atoms with Crippen molar-refractivity contribution >= 4 is 34.7 Å². The van der Waals surface area contributed by atoms with E-state index in [1.54, 1.807) is 31.4 Å². The number of aldehydes is 1. The summed E-state index contributed by atoms with van der Waals surface area (Å²) in [4.78, 5) is 31.5. The molecule has 5 nitrogen and oxygen atoms in total. The lowest BCUT2D eigenvalue weighted by Crippen LogP contribution is -2.50. The zero-order chi connectivity index (χ0) is 21.8. The molecule has 3 rings (SSSR count). The van der Waals surface area contributed by atoms with Crippen molar-refractivity contribution in [1.82, 2.24) is 14.8 Å². The van der Waals surface area contributed by atoms with Gasteiger partial charge in [-0.15, -0.1) is 0 Å². The second kappa shape index (κ2) is 9.41. The maximum atomic E-state index is 13.5. The van der Waals surface area contributed by atoms with Crippen molar-refractivity contribution < 1.29 is 14.0 Å². The molecule has 158 valence electrons. The van der Waals surface area contributed by atoms with Crippen molar-refractivity contribution in [3.8, 4) is 0 Å². The number of amides is 1. The van der Waals surface area contributed by atoms with Crippen LogP contribution in [0.2, 0.25) is 5.02 Å². The van der Waals surface area contributed by atoms with Gasteiger partial charge in [-0.2, -0.15) is 0 Å². The first-order valence-corrected chi connectivity index (χ1v) is 10.1. The maximum absolute atomic E-state index is 13.5. The molecule has 1 aromatic heterocycles. The number of hydrogen-bond donors (Lipinski definition) is 1. The molecule has 3 aromatic rings. The molecule has 1 heterocycles. The van der Waals surface area contributed by atoms with Crippen LogP contribution in [-0.2, 0) is 22.4 Å². The van der Waals surface area contributed by atoms with Crippen molar-refractivity contribution in [2.75, 3.05) is 21.1 Å². The lowest BCUT2D eigenvalue weighted by Gasteiger charge is -2.31. The number of H-pyrrole nitrogens is 1. The molecule has 2 unspecified atom stereocenters. The number of aromatic nitrogens is 1. The molecular formula is C23H25ClFN3O2. The van der Waals surface area contributed by atoms with E-state index in [9.17, 15) is 14.0 Å². The predicted molar refractivity (Wildman–Crippen MR) is 117 cm³/mol. The number of carbonyl (C=O) groups is 2. The number of benzene rings is 2. The highest BCUT2D eigenvalue weighted by atomic mass is 35.5. The minimum atomic E-state index is -0.601. The highest BCUT2D eigenvalue weighted by molar-refractivity contribution is 6.30. The fourth-order valence-electron chi connectivity index (χ4n) is 3.61. The van der Waals surface area contributed by atoms with Crippen LogP contribution in [0.5, 0.6) is 0 Å². The number of aromatic amines is 1. The fraction of sp³-hybridized carbons (Fsp3) is 0.304. The average Bonchev–Trinajstić information content (AvgIpc) is 3.10. The van der Waals surface area contributed by atoms with E-state index in [1.165, 1.54) is 17.0 Å². The number of nitrogens with one attached hydrogen (secondary N) is 1. The molecule has 0 aliphatic heterocycles. The molecule has 0 aliphatic rings. The van der Waals surface area contributed by atoms with Gasteiger partial charge in [0.1, 0.15) is 12.1 Å². The fourth-order valence-corrected chi connectivity index (χ4v) is 3.82. The van der Waals surface area contributed by atoms with Crippen molar-refractivity contribution in [2.24, 2.45) is 0 Å². The first-order chi connectivity index (χ1) is 14.3. The Kier molecular flexibility index (Phi) is 6.90. The molecule has 1 amide bonds. The minimum absolute atomic E-state index is 0.157. The highest BCUT2D eigenvalue weighted by Crippen LogP contribution is 2.22. The standard InChI is InChI=1S/C23H25ClFN3O2/c1-27(2)22(11-16-13-26-21-12-18(25)7-8-20(16)21)23(30)28(3)19(14-29)10-15-5-4-6-17(24)9-15/h4-9,12-14,19,22,26H,10-11H2,1-3H3. The normalized spacial score (nSPS) is 13.4. The maximum Gasteiger partial charge on any atom is 0.240 e. The van der Waals surface area contributed by atoms with Crippen LogP contribution >= 0.6 is 11.6 Å². The summed E-state index contributed by atoms with van der Waals surface area (Å²) in [5, 5.41) is 1.47. The van der Waals surface area contributed by atoms with Crippen LogP contribution in [0.25, 0.3) is 10.9 Å². The minimum Gasteiger partial charge on any atom is -0.361 e. The predicted octanol–water partition coefficient (Wildman–Crippen LogP) is 3.70. The van der Waals surface area contributed by atoms with Crippen LogP contribution in [0.1, 0.15) is 11.1 Å². The quantitative estimate of drug-likeness (QED) is 0.555. The van der Waals surface area contributed by atoms with Gasteiger partial charge in [0.25, 0.3) is 0 Å². The van der Waals surface area contributed by atoms with Crippen LogP contribution in [0, 0.1) is 5.82 Å². The van der Waals surface area contributed by atoms with E-state index >= 15 is 0 Å². The molecule has 0 saturated heterocycles. The second-order valence-electron chi connectivity index (χ2n) is 7.67. The van der Waals surface area contributed by atoms with Crippen LogP contribution < -0.4 is 0 Å². The smallest absolute Gasteiger partial charge is 0.240 e. The van der Waals surface area contributed by atoms with E-state index in [1.807, 2.05) is 31.1 Å². The summed E-state index contributed by atoms with van der Waals surface area (Å²) >= 11 is 6.04. The van der Waals surface area contributed by atoms with Gasteiger partial charge in [-0.05, 0) is 68.4 Å². The molecule has 0 aliphatic carbocycles. The summed E-state index contributed by atoms with van der Waals surface area (Å²) in [6.45, 7) is 0. The molecule has 0 radical (unpaired) electrons. The van der Waals surface area contributed by atoms with Gasteiger partial charge in [-0.25, -0.2) is 4.39 Å². The van der Waals surface area contributed by atoms with Crippen molar-refractivity contribution in [3.05, 3.63) is 70.6 Å². The molecule has 0 spiro atoms. The van der Waals surface area contributed by atoms with E-state index in [-0.39, 0.29) is 11.7 Å². The summed E-state index contributed by atoms with van der Waals surface area (Å²) < 4.78 is 13.5. The number of fused-ring (bicyclic) bond motifs is 1. The SMILES string of the molecule is CN(C)C(Cc1c[nH]c2cc(F)ccc12)C(=O)N(C)C(C=O)Cc1cccc(Cl)c1. The van der Waals surface area contributed by atoms with Gasteiger partial charge in [-0.1, -0.05) is 23.7 Å². The summed E-state index contributed by atoms with van der Waals surface area (Å²) in [6.07, 6.45) is 3.42. The van der Waals surface area contributed by atoms with E-state index in [2.05, 4.69) is 4.98 Å². The van der Waals surface area contributed by atoms with E-state index in [4.69, 9.17) is 11.6 Å². The van der Waals surface area contributed by atoms with Crippen LogP contribution in [0.3, 0.4) is 0 Å². The largest absolute Gasteiger partial charge is 0.361 e. The molecule has 1 N–H and O–H groups in total. The summed E-state index contributed by atoms with van der Waals surface area (Å²) in [6, 6.07) is 10.8. The Morgan fingerprint density at radius 3 is 2.60 bits per heavy atom. The van der Waals surface area contributed by atoms with Gasteiger partial charge in [0.15, 0.2) is 0 Å². The highest BCUT2D eigenvalue weighted by Gasteiger charge is 2.29. The zero-order valence-electron chi connectivity index (χ0n) is 17.2. The third-order valence-electron chi connectivity index (χ3n) is 5.39. The van der Waals surface area contributed by atoms with Gasteiger partial charge in [0.2, 0.25) is 5.91 Å². The molecule has 0 bridgehead atoms. The molecule has 2 atom stereocenters. The van der Waals surface area contributed by atoms with Crippen LogP contribution in [0.4, 0.5) is 4.39 Å². The number of carbonyl (C=O) groups excluding carboxylic acids is 2. The van der Waals surface area contributed by atoms with Crippen molar-refractivity contribution in [2.45, 2.75) is 24.9 Å². The first kappa shape index (κ1) is 22.0. The van der Waals surface area contributed by atoms with Gasteiger partial charge in [-0.3, -0.25) is 9.69 Å². The van der Waals surface area contributed by atoms with E-state index in [0.29, 0.717) is 23.4 Å². The number of rotatable bonds is 8. The van der Waals surface area contributed by atoms with Gasteiger partial charge in [0, 0.05) is 29.2 Å². The van der Waals surface area contributed by atoms with E-state index < -0.39 is 12.1 Å². The summed E-state index contributed by atoms with van der Waals surface area (Å²) in [7, 11) is 5.31. The molecular weight excluding hydrogens is 405 g/mol. The zero-order valence-corrected chi connectivity index (χ0v) is 18.0. The number of hydrogen-bond acceptors (Lipinski definition) is 3. The molecule has 7 heteroatoms. The summed E-state index contributed by atoms with van der Waals surface area (Å²) in [5.74, 6) is -0.471. The Morgan fingerprint density at radius 2 is 1.93 bits per heavy atom. The number of likely N-dealkylation sites (N-methyl/N-ethyl adjacent to an activating group) is 2. The van der Waals surface area contributed by atoms with Gasteiger partial charge < -0.3 is 14.7 Å². The number of halogens is 2. The Labute approximate surface area is 180 Å². The lowest BCUT2D eigenvalue weighted by molar-refractivity contribution is -0.139. The third-order valence-corrected chi connectivity index (χ3v) is 5.62. The Hall–Kier alpha value is -2.70. The molecule has 0 fully saturated rings. The average molecular weight is 430 g/mol. The molecule has 2 aromatic carbocycles. The lowest BCUT2D eigenvalue weighted by atomic mass is 10.0. The number of nitrogens with zero attached hydrogens (tertiary/aromatic N) is 2. The second-order valence-corrected chi connectivity index (χ2v) is 8.11. The molecule has 30 heavy (non-hydrogen) atoms. The van der Waals surface area contributed by atoms with E-state index in [0.717, 1.165) is 22.8 Å². The van der Waals surface area contributed by atoms with Crippen molar-refractivity contribution in [3.63, 3.8) is 0 Å². The topological polar surface area (TPSA) is 56.4 Å². The van der Waals surface area contributed by atoms with Crippen LogP contribution in [0.15, 0.2) is 48.7 Å². The molecule has 0 saturated carbocycles.